The number of ether oxygens (including phenoxy) is 5. The fourth-order valence-electron chi connectivity index (χ4n) is 2.67. The minimum absolute atomic E-state index is 0.483. The van der Waals surface area contributed by atoms with Gasteiger partial charge in [0.15, 0.2) is 18.5 Å². The van der Waals surface area contributed by atoms with Crippen molar-refractivity contribution in [1.82, 2.24) is 5.32 Å². The van der Waals surface area contributed by atoms with Gasteiger partial charge in [0.2, 0.25) is 0 Å². The molecule has 1 unspecified atom stereocenters. The Bertz CT molecular complexity index is 653. The molecule has 0 aromatic carbocycles. The molecule has 1 fully saturated rings. The Morgan fingerprint density at radius 3 is 1.93 bits per heavy atom. The number of amides is 1. The van der Waals surface area contributed by atoms with E-state index < -0.39 is 73.3 Å². The van der Waals surface area contributed by atoms with E-state index in [4.69, 9.17) is 23.7 Å². The van der Waals surface area contributed by atoms with Gasteiger partial charge < -0.3 is 29.0 Å². The van der Waals surface area contributed by atoms with Crippen LogP contribution in [0.5, 0.6) is 0 Å². The molecule has 0 spiro atoms. The molecule has 1 aliphatic rings. The number of carbonyl (C=O) groups is 4. The maximum Gasteiger partial charge on any atom is 0.471 e. The first kappa shape index (κ1) is 25.6. The number of esters is 3. The summed E-state index contributed by atoms with van der Waals surface area (Å²) in [5, 5.41) is 1.67. The summed E-state index contributed by atoms with van der Waals surface area (Å²) in [5.41, 5.74) is 0. The van der Waals surface area contributed by atoms with Crippen LogP contribution in [-0.2, 0) is 42.9 Å². The van der Waals surface area contributed by atoms with Crippen LogP contribution >= 0.6 is 0 Å². The molecule has 1 rings (SSSR count). The number of halogens is 3. The van der Waals surface area contributed by atoms with Gasteiger partial charge >= 0.3 is 30.0 Å². The smallest absolute Gasteiger partial charge is 0.463 e. The summed E-state index contributed by atoms with van der Waals surface area (Å²) in [5.74, 6) is -4.86. The molecule has 172 valence electrons. The van der Waals surface area contributed by atoms with E-state index >= 15 is 0 Å². The van der Waals surface area contributed by atoms with E-state index in [0.29, 0.717) is 0 Å². The Morgan fingerprint density at radius 1 is 0.967 bits per heavy atom. The van der Waals surface area contributed by atoms with Gasteiger partial charge in [0.1, 0.15) is 18.8 Å². The molecule has 0 aromatic rings. The third-order valence-corrected chi connectivity index (χ3v) is 3.66. The predicted molar refractivity (Wildman–Crippen MR) is 90.6 cm³/mol. The third-order valence-electron chi connectivity index (χ3n) is 3.66. The number of hydrogen-bond donors (Lipinski definition) is 1. The third kappa shape index (κ3) is 7.78. The standard InChI is InChI=1S/C17H24F3NO9/c1-7(2)27-15-12(21-16(25)17(18,19)20)14(29-10(5)24)13(28-9(4)23)11(30-15)6-26-8(3)22/h7,11-15H,6H2,1-5H3,(H,21,25)/t11-,12-,13+,14-,15?/m1/s1. The highest BCUT2D eigenvalue weighted by molar-refractivity contribution is 5.82. The van der Waals surface area contributed by atoms with Crippen LogP contribution in [0.25, 0.3) is 0 Å². The maximum absolute atomic E-state index is 12.8. The minimum atomic E-state index is -5.26. The second-order valence-electron chi connectivity index (χ2n) is 6.68. The first-order valence-electron chi connectivity index (χ1n) is 8.88. The van der Waals surface area contributed by atoms with Crippen molar-refractivity contribution in [3.63, 3.8) is 0 Å². The van der Waals surface area contributed by atoms with Gasteiger partial charge in [-0.25, -0.2) is 0 Å². The Kier molecular flexibility index (Phi) is 9.03. The number of carbonyl (C=O) groups excluding carboxylic acids is 4. The monoisotopic (exact) mass is 443 g/mol. The summed E-state index contributed by atoms with van der Waals surface area (Å²) < 4.78 is 64.5. The van der Waals surface area contributed by atoms with Crippen LogP contribution in [0.3, 0.4) is 0 Å². The number of nitrogens with one attached hydrogen (secondary N) is 1. The van der Waals surface area contributed by atoms with E-state index in [1.165, 1.54) is 0 Å². The average molecular weight is 443 g/mol. The molecule has 1 N–H and O–H groups in total. The van der Waals surface area contributed by atoms with Crippen molar-refractivity contribution in [3.05, 3.63) is 0 Å². The molecule has 1 aliphatic heterocycles. The Balaban J connectivity index is 3.37. The highest BCUT2D eigenvalue weighted by Gasteiger charge is 2.53. The molecule has 10 nitrogen and oxygen atoms in total. The van der Waals surface area contributed by atoms with E-state index in [1.807, 2.05) is 0 Å². The van der Waals surface area contributed by atoms with Crippen LogP contribution in [0.15, 0.2) is 0 Å². The fourth-order valence-corrected chi connectivity index (χ4v) is 2.67. The second kappa shape index (κ2) is 10.6. The zero-order valence-electron chi connectivity index (χ0n) is 17.0. The minimum Gasteiger partial charge on any atom is -0.463 e. The molecule has 1 amide bonds. The van der Waals surface area contributed by atoms with Crippen molar-refractivity contribution in [3.8, 4) is 0 Å². The Hall–Kier alpha value is -2.41. The van der Waals surface area contributed by atoms with E-state index in [9.17, 15) is 32.3 Å². The molecule has 0 radical (unpaired) electrons. The lowest BCUT2D eigenvalue weighted by atomic mass is 9.96. The van der Waals surface area contributed by atoms with E-state index in [0.717, 1.165) is 20.8 Å². The molecule has 0 bridgehead atoms. The molecular weight excluding hydrogens is 419 g/mol. The molecule has 1 heterocycles. The molecular formula is C17H24F3NO9. The SMILES string of the molecule is CC(=O)OC[C@H]1OC(OC(C)C)[C@H](NC(=O)C(F)(F)F)[C@@H](OC(C)=O)[C@H]1OC(C)=O. The summed E-state index contributed by atoms with van der Waals surface area (Å²) in [6.07, 6.45) is -11.8. The Labute approximate surface area is 170 Å². The van der Waals surface area contributed by atoms with Gasteiger partial charge in [-0.3, -0.25) is 19.2 Å². The molecule has 0 aliphatic carbocycles. The molecule has 5 atom stereocenters. The largest absolute Gasteiger partial charge is 0.471 e. The van der Waals surface area contributed by atoms with Gasteiger partial charge in [0, 0.05) is 20.8 Å². The van der Waals surface area contributed by atoms with Crippen molar-refractivity contribution in [2.24, 2.45) is 0 Å². The highest BCUT2D eigenvalue weighted by atomic mass is 19.4. The van der Waals surface area contributed by atoms with Crippen LogP contribution in [0.1, 0.15) is 34.6 Å². The van der Waals surface area contributed by atoms with Crippen LogP contribution in [0.2, 0.25) is 0 Å². The predicted octanol–water partition coefficient (Wildman–Crippen LogP) is 0.610. The van der Waals surface area contributed by atoms with Gasteiger partial charge in [-0.2, -0.15) is 13.2 Å². The highest BCUT2D eigenvalue weighted by Crippen LogP contribution is 2.29. The van der Waals surface area contributed by atoms with Gasteiger partial charge in [-0.15, -0.1) is 0 Å². The molecule has 30 heavy (non-hydrogen) atoms. The van der Waals surface area contributed by atoms with Gasteiger partial charge in [0.05, 0.1) is 6.10 Å². The zero-order valence-corrected chi connectivity index (χ0v) is 17.0. The van der Waals surface area contributed by atoms with Gasteiger partial charge in [0.25, 0.3) is 0 Å². The summed E-state index contributed by atoms with van der Waals surface area (Å²) in [4.78, 5) is 45.9. The zero-order chi connectivity index (χ0) is 23.2. The first-order valence-corrected chi connectivity index (χ1v) is 8.88. The van der Waals surface area contributed by atoms with Gasteiger partial charge in [-0.05, 0) is 13.8 Å². The average Bonchev–Trinajstić information content (AvgIpc) is 2.56. The van der Waals surface area contributed by atoms with Crippen molar-refractivity contribution in [1.29, 1.82) is 0 Å². The van der Waals surface area contributed by atoms with Gasteiger partial charge in [-0.1, -0.05) is 0 Å². The van der Waals surface area contributed by atoms with Crippen LogP contribution in [0.4, 0.5) is 13.2 Å². The van der Waals surface area contributed by atoms with Crippen molar-refractivity contribution >= 4 is 23.8 Å². The van der Waals surface area contributed by atoms with E-state index in [1.54, 1.807) is 19.2 Å². The molecule has 13 heteroatoms. The maximum atomic E-state index is 12.8. The first-order chi connectivity index (χ1) is 13.7. The number of hydrogen-bond acceptors (Lipinski definition) is 9. The molecule has 1 saturated heterocycles. The van der Waals surface area contributed by atoms with Crippen molar-refractivity contribution in [2.45, 2.75) is 77.5 Å². The van der Waals surface area contributed by atoms with E-state index in [-0.39, 0.29) is 0 Å². The lowest BCUT2D eigenvalue weighted by Crippen LogP contribution is -2.67. The van der Waals surface area contributed by atoms with Crippen molar-refractivity contribution < 1.29 is 56.0 Å². The Morgan fingerprint density at radius 2 is 1.50 bits per heavy atom. The number of rotatable bonds is 7. The summed E-state index contributed by atoms with van der Waals surface area (Å²) in [6.45, 7) is 5.69. The summed E-state index contributed by atoms with van der Waals surface area (Å²) in [6, 6.07) is -1.69. The lowest BCUT2D eigenvalue weighted by Gasteiger charge is -2.45. The molecule has 0 aromatic heterocycles. The topological polar surface area (TPSA) is 126 Å². The lowest BCUT2D eigenvalue weighted by molar-refractivity contribution is -0.286. The second-order valence-corrected chi connectivity index (χ2v) is 6.68. The normalized spacial score (nSPS) is 26.6. The molecule has 0 saturated carbocycles. The summed E-state index contributed by atoms with van der Waals surface area (Å²) >= 11 is 0. The van der Waals surface area contributed by atoms with E-state index in [2.05, 4.69) is 0 Å². The quantitative estimate of drug-likeness (QED) is 0.445. The van der Waals surface area contributed by atoms with Crippen molar-refractivity contribution in [2.75, 3.05) is 6.61 Å². The van der Waals surface area contributed by atoms with Crippen LogP contribution < -0.4 is 5.32 Å². The number of alkyl halides is 3. The fraction of sp³-hybridized carbons (Fsp3) is 0.765. The van der Waals surface area contributed by atoms with Crippen LogP contribution in [0, 0.1) is 0 Å². The van der Waals surface area contributed by atoms with Crippen LogP contribution in [-0.4, -0.2) is 73.3 Å². The summed E-state index contributed by atoms with van der Waals surface area (Å²) in [7, 11) is 0.